The predicted octanol–water partition coefficient (Wildman–Crippen LogP) is 2.93. The van der Waals surface area contributed by atoms with Crippen molar-refractivity contribution in [3.63, 3.8) is 0 Å². The Hall–Kier alpha value is -3.10. The number of nitrogens with zero attached hydrogens (tertiary/aromatic N) is 5. The largest absolute Gasteiger partial charge is 0.435 e. The molecule has 0 atom stereocenters. The summed E-state index contributed by atoms with van der Waals surface area (Å²) in [6, 6.07) is 6.26. The van der Waals surface area contributed by atoms with E-state index in [1.54, 1.807) is 28.6 Å². The molecule has 1 aromatic carbocycles. The molecule has 2 heterocycles. The number of aromatic nitrogens is 4. The van der Waals surface area contributed by atoms with Crippen LogP contribution in [0.5, 0.6) is 5.75 Å². The molecule has 3 aromatic rings. The summed E-state index contributed by atoms with van der Waals surface area (Å²) >= 11 is 0. The number of amides is 1. The van der Waals surface area contributed by atoms with Crippen LogP contribution in [0.2, 0.25) is 0 Å². The normalized spacial score (nSPS) is 11.2. The molecule has 0 aliphatic rings. The van der Waals surface area contributed by atoms with Crippen molar-refractivity contribution in [1.29, 1.82) is 0 Å². The summed E-state index contributed by atoms with van der Waals surface area (Å²) in [5.41, 5.74) is 3.57. The van der Waals surface area contributed by atoms with Crippen LogP contribution in [0.25, 0.3) is 5.78 Å². The molecule has 0 N–H and O–H groups in total. The van der Waals surface area contributed by atoms with Crippen LogP contribution in [-0.4, -0.2) is 44.0 Å². The van der Waals surface area contributed by atoms with E-state index in [2.05, 4.69) is 19.8 Å². The lowest BCUT2D eigenvalue weighted by atomic mass is 10.1. The van der Waals surface area contributed by atoms with E-state index in [0.29, 0.717) is 25.2 Å². The molecule has 0 fully saturated rings. The van der Waals surface area contributed by atoms with Gasteiger partial charge in [0.15, 0.2) is 0 Å². The first-order valence-electron chi connectivity index (χ1n) is 8.78. The van der Waals surface area contributed by atoms with Crippen molar-refractivity contribution in [3.05, 3.63) is 53.1 Å². The number of rotatable bonds is 7. The lowest BCUT2D eigenvalue weighted by Gasteiger charge is -2.18. The zero-order valence-corrected chi connectivity index (χ0v) is 15.9. The highest BCUT2D eigenvalue weighted by Gasteiger charge is 2.15. The Bertz CT molecular complexity index is 972. The van der Waals surface area contributed by atoms with Crippen molar-refractivity contribution >= 4 is 11.7 Å². The second-order valence-electron chi connectivity index (χ2n) is 6.51. The van der Waals surface area contributed by atoms with Gasteiger partial charge in [-0.3, -0.25) is 4.79 Å². The molecule has 0 bridgehead atoms. The second kappa shape index (κ2) is 8.28. The number of benzene rings is 1. The summed E-state index contributed by atoms with van der Waals surface area (Å²) in [4.78, 5) is 22.6. The van der Waals surface area contributed by atoms with Gasteiger partial charge in [0.05, 0.1) is 0 Å². The summed E-state index contributed by atoms with van der Waals surface area (Å²) in [5, 5.41) is 4.15. The number of hydrogen-bond acceptors (Lipinski definition) is 5. The van der Waals surface area contributed by atoms with Crippen LogP contribution >= 0.6 is 0 Å². The summed E-state index contributed by atoms with van der Waals surface area (Å²) in [7, 11) is 1.71. The Balaban J connectivity index is 1.60. The minimum atomic E-state index is -2.85. The van der Waals surface area contributed by atoms with Gasteiger partial charge in [-0.05, 0) is 43.5 Å². The van der Waals surface area contributed by atoms with E-state index in [1.165, 1.54) is 18.5 Å². The first kappa shape index (κ1) is 19.7. The standard InChI is InChI=1S/C19H21F2N5O2/c1-12-16(13(2)26-19(24-12)22-11-23-26)8-9-17(27)25(3)10-14-4-6-15(7-5-14)28-18(20)21/h4-7,11,18H,8-10H2,1-3H3. The van der Waals surface area contributed by atoms with Crippen molar-refractivity contribution < 1.29 is 18.3 Å². The van der Waals surface area contributed by atoms with Crippen LogP contribution in [0.1, 0.15) is 28.9 Å². The minimum Gasteiger partial charge on any atom is -0.435 e. The lowest BCUT2D eigenvalue weighted by molar-refractivity contribution is -0.130. The fourth-order valence-corrected chi connectivity index (χ4v) is 3.08. The molecule has 148 valence electrons. The van der Waals surface area contributed by atoms with Crippen LogP contribution in [0.4, 0.5) is 8.78 Å². The number of fused-ring (bicyclic) bond motifs is 1. The smallest absolute Gasteiger partial charge is 0.387 e. The van der Waals surface area contributed by atoms with Crippen LogP contribution in [0, 0.1) is 13.8 Å². The molecule has 1 amide bonds. The third-order valence-corrected chi connectivity index (χ3v) is 4.57. The molecule has 0 aliphatic heterocycles. The minimum absolute atomic E-state index is 0.0228. The number of aryl methyl sites for hydroxylation is 2. The highest BCUT2D eigenvalue weighted by Crippen LogP contribution is 2.18. The van der Waals surface area contributed by atoms with Gasteiger partial charge in [-0.15, -0.1) is 0 Å². The topological polar surface area (TPSA) is 72.6 Å². The fraction of sp³-hybridized carbons (Fsp3) is 0.368. The van der Waals surface area contributed by atoms with Crippen molar-refractivity contribution in [2.24, 2.45) is 0 Å². The molecule has 0 unspecified atom stereocenters. The van der Waals surface area contributed by atoms with E-state index in [0.717, 1.165) is 22.5 Å². The maximum absolute atomic E-state index is 12.5. The molecule has 0 aliphatic carbocycles. The van der Waals surface area contributed by atoms with E-state index in [1.807, 2.05) is 13.8 Å². The highest BCUT2D eigenvalue weighted by molar-refractivity contribution is 5.76. The average Bonchev–Trinajstić information content (AvgIpc) is 3.11. The van der Waals surface area contributed by atoms with Gasteiger partial charge in [-0.1, -0.05) is 12.1 Å². The molecule has 0 saturated heterocycles. The van der Waals surface area contributed by atoms with Gasteiger partial charge < -0.3 is 9.64 Å². The van der Waals surface area contributed by atoms with E-state index >= 15 is 0 Å². The highest BCUT2D eigenvalue weighted by atomic mass is 19.3. The number of ether oxygens (including phenoxy) is 1. The maximum Gasteiger partial charge on any atom is 0.387 e. The van der Waals surface area contributed by atoms with Crippen LogP contribution in [-0.2, 0) is 17.8 Å². The molecule has 0 saturated carbocycles. The maximum atomic E-state index is 12.5. The molecule has 2 aromatic heterocycles. The van der Waals surface area contributed by atoms with Crippen molar-refractivity contribution in [2.45, 2.75) is 39.8 Å². The number of carbonyl (C=O) groups is 1. The average molecular weight is 389 g/mol. The summed E-state index contributed by atoms with van der Waals surface area (Å²) in [6.45, 7) is 1.36. The van der Waals surface area contributed by atoms with E-state index in [-0.39, 0.29) is 11.7 Å². The van der Waals surface area contributed by atoms with Crippen LogP contribution in [0.15, 0.2) is 30.6 Å². The van der Waals surface area contributed by atoms with E-state index in [4.69, 9.17) is 0 Å². The van der Waals surface area contributed by atoms with Crippen LogP contribution < -0.4 is 4.74 Å². The van der Waals surface area contributed by atoms with Gasteiger partial charge in [0.2, 0.25) is 5.91 Å². The van der Waals surface area contributed by atoms with Gasteiger partial charge in [-0.2, -0.15) is 18.9 Å². The van der Waals surface area contributed by atoms with Gasteiger partial charge in [-0.25, -0.2) is 9.50 Å². The van der Waals surface area contributed by atoms with Gasteiger partial charge in [0.25, 0.3) is 5.78 Å². The molecule has 9 heteroatoms. The van der Waals surface area contributed by atoms with Crippen molar-refractivity contribution in [1.82, 2.24) is 24.5 Å². The fourth-order valence-electron chi connectivity index (χ4n) is 3.08. The zero-order chi connectivity index (χ0) is 20.3. The molecule has 28 heavy (non-hydrogen) atoms. The first-order valence-corrected chi connectivity index (χ1v) is 8.78. The summed E-state index contributed by atoms with van der Waals surface area (Å²) in [5.74, 6) is 0.613. The molecule has 0 spiro atoms. The molecular formula is C19H21F2N5O2. The summed E-state index contributed by atoms with van der Waals surface area (Å²) < 4.78 is 30.4. The Kier molecular flexibility index (Phi) is 5.81. The Morgan fingerprint density at radius 3 is 2.64 bits per heavy atom. The van der Waals surface area contributed by atoms with Crippen molar-refractivity contribution in [2.75, 3.05) is 7.05 Å². The number of alkyl halides is 2. The molecule has 3 rings (SSSR count). The number of halogens is 2. The lowest BCUT2D eigenvalue weighted by Crippen LogP contribution is -2.26. The predicted molar refractivity (Wildman–Crippen MR) is 98.1 cm³/mol. The quantitative estimate of drug-likeness (QED) is 0.621. The Morgan fingerprint density at radius 2 is 1.96 bits per heavy atom. The monoisotopic (exact) mass is 389 g/mol. The van der Waals surface area contributed by atoms with Crippen molar-refractivity contribution in [3.8, 4) is 5.75 Å². The molecule has 0 radical (unpaired) electrons. The van der Waals surface area contributed by atoms with Crippen LogP contribution in [0.3, 0.4) is 0 Å². The van der Waals surface area contributed by atoms with E-state index in [9.17, 15) is 13.6 Å². The third-order valence-electron chi connectivity index (χ3n) is 4.57. The Labute approximate surface area is 161 Å². The summed E-state index contributed by atoms with van der Waals surface area (Å²) in [6.07, 6.45) is 2.33. The van der Waals surface area contributed by atoms with Gasteiger partial charge in [0, 0.05) is 31.4 Å². The molecule has 7 nitrogen and oxygen atoms in total. The van der Waals surface area contributed by atoms with Gasteiger partial charge in [0.1, 0.15) is 12.1 Å². The third kappa shape index (κ3) is 4.41. The second-order valence-corrected chi connectivity index (χ2v) is 6.51. The number of carbonyl (C=O) groups excluding carboxylic acids is 1. The van der Waals surface area contributed by atoms with Gasteiger partial charge >= 0.3 is 6.61 Å². The first-order chi connectivity index (χ1) is 13.3. The Morgan fingerprint density at radius 1 is 1.25 bits per heavy atom. The number of hydrogen-bond donors (Lipinski definition) is 0. The van der Waals surface area contributed by atoms with E-state index < -0.39 is 6.61 Å². The zero-order valence-electron chi connectivity index (χ0n) is 15.9. The SMILES string of the molecule is Cc1nc2ncnn2c(C)c1CCC(=O)N(C)Cc1ccc(OC(F)F)cc1. The molecular weight excluding hydrogens is 368 g/mol.